The fourth-order valence-corrected chi connectivity index (χ4v) is 4.83. The number of nitrogens with one attached hydrogen (secondary N) is 1. The number of thioether (sulfide) groups is 1. The summed E-state index contributed by atoms with van der Waals surface area (Å²) in [5.74, 6) is -0.576. The predicted molar refractivity (Wildman–Crippen MR) is 151 cm³/mol. The van der Waals surface area contributed by atoms with Gasteiger partial charge in [0.2, 0.25) is 0 Å². The van der Waals surface area contributed by atoms with E-state index in [0.29, 0.717) is 22.4 Å². The van der Waals surface area contributed by atoms with Crippen LogP contribution in [0.25, 0.3) is 16.5 Å². The number of ether oxygens (including phenoxy) is 1. The molecule has 0 fully saturated rings. The topological polar surface area (TPSA) is 88.0 Å². The molecule has 4 aromatic carbocycles. The van der Waals surface area contributed by atoms with E-state index in [0.717, 1.165) is 62.4 Å². The van der Waals surface area contributed by atoms with Crippen LogP contribution in [0.1, 0.15) is 18.1 Å². The normalized spacial score (nSPS) is 13.9. The Labute approximate surface area is 236 Å². The summed E-state index contributed by atoms with van der Waals surface area (Å²) in [6, 6.07) is 32.4. The van der Waals surface area contributed by atoms with E-state index in [-0.39, 0.29) is 5.91 Å². The second-order valence-corrected chi connectivity index (χ2v) is 10.5. The van der Waals surface area contributed by atoms with Gasteiger partial charge in [-0.2, -0.15) is 0 Å². The Morgan fingerprint density at radius 2 is 1.59 bits per heavy atom. The fourth-order valence-electron chi connectivity index (χ4n) is 3.60. The SMILES string of the molecule is CC(=O)O.O=C1N=C(Nc2cc[c]([Na])cc2)S/C1=C(/OCc1ccccc1)c1ccc2ccccc2c1. The van der Waals surface area contributed by atoms with Crippen LogP contribution in [0.3, 0.4) is 0 Å². The van der Waals surface area contributed by atoms with Gasteiger partial charge in [-0.1, -0.05) is 54.6 Å². The Balaban J connectivity index is 0.000000747. The van der Waals surface area contributed by atoms with Gasteiger partial charge in [0.1, 0.15) is 0 Å². The van der Waals surface area contributed by atoms with Gasteiger partial charge in [-0.15, -0.1) is 0 Å². The zero-order valence-electron chi connectivity index (χ0n) is 20.5. The minimum absolute atomic E-state index is 0.293. The molecule has 5 rings (SSSR count). The third kappa shape index (κ3) is 7.57. The molecule has 1 heterocycles. The second-order valence-electron chi connectivity index (χ2n) is 8.33. The molecule has 0 saturated heterocycles. The Bertz CT molecular complexity index is 1480. The number of benzene rings is 4. The molecule has 8 heteroatoms. The van der Waals surface area contributed by atoms with Gasteiger partial charge in [0.05, 0.1) is 0 Å². The van der Waals surface area contributed by atoms with Gasteiger partial charge in [0.25, 0.3) is 5.97 Å². The van der Waals surface area contributed by atoms with Gasteiger partial charge < -0.3 is 5.11 Å². The first-order valence-electron chi connectivity index (χ1n) is 11.6. The van der Waals surface area contributed by atoms with Crippen molar-refractivity contribution in [3.8, 4) is 0 Å². The number of amidine groups is 1. The molecule has 1 aliphatic heterocycles. The molecule has 0 saturated carbocycles. The number of hydrogen-bond acceptors (Lipinski definition) is 5. The molecule has 37 heavy (non-hydrogen) atoms. The Hall–Kier alpha value is -3.36. The number of aliphatic carboxylic acids is 1. The van der Waals surface area contributed by atoms with Crippen molar-refractivity contribution in [1.82, 2.24) is 0 Å². The zero-order valence-corrected chi connectivity index (χ0v) is 23.3. The first-order chi connectivity index (χ1) is 17.9. The van der Waals surface area contributed by atoms with Crippen molar-refractivity contribution in [1.29, 1.82) is 0 Å². The molecule has 0 bridgehead atoms. The number of carboxylic acids is 1. The summed E-state index contributed by atoms with van der Waals surface area (Å²) in [6.07, 6.45) is 0. The van der Waals surface area contributed by atoms with Crippen molar-refractivity contribution in [2.45, 2.75) is 13.5 Å². The summed E-state index contributed by atoms with van der Waals surface area (Å²) >= 11 is 2.32. The van der Waals surface area contributed by atoms with Crippen LogP contribution in [0.5, 0.6) is 0 Å². The standard InChI is InChI=1S/C27H19N2O2S.C2H4O2.Na/c30-26-25(32-27(29-26)28-23-13-5-2-6-14-23)24(31-18-19-9-3-1-4-10-19)22-16-15-20-11-7-8-12-21(20)17-22;1-2(3)4;/h1,3-17H,18H2,(H,28,29,30);1H3,(H,3,4);/b25-24+;;. The Morgan fingerprint density at radius 3 is 2.30 bits per heavy atom. The number of anilines is 1. The molecule has 0 aliphatic carbocycles. The number of hydrogen-bond donors (Lipinski definition) is 2. The van der Waals surface area contributed by atoms with E-state index >= 15 is 0 Å². The summed E-state index contributed by atoms with van der Waals surface area (Å²) < 4.78 is 7.58. The quantitative estimate of drug-likeness (QED) is 0.210. The summed E-state index contributed by atoms with van der Waals surface area (Å²) in [5, 5.41) is 13.5. The molecule has 1 aliphatic rings. The summed E-state index contributed by atoms with van der Waals surface area (Å²) in [6.45, 7) is 1.45. The molecule has 6 nitrogen and oxygen atoms in total. The van der Waals surface area contributed by atoms with Crippen molar-refractivity contribution in [3.63, 3.8) is 0 Å². The number of nitrogens with zero attached hydrogens (tertiary/aromatic N) is 1. The van der Waals surface area contributed by atoms with Gasteiger partial charge in [-0.05, 0) is 5.39 Å². The van der Waals surface area contributed by atoms with Crippen molar-refractivity contribution in [2.24, 2.45) is 4.99 Å². The van der Waals surface area contributed by atoms with E-state index in [1.54, 1.807) is 0 Å². The van der Waals surface area contributed by atoms with Crippen LogP contribution in [0.2, 0.25) is 0 Å². The first kappa shape index (κ1) is 26.7. The van der Waals surface area contributed by atoms with Crippen molar-refractivity contribution in [3.05, 3.63) is 113 Å². The van der Waals surface area contributed by atoms with E-state index in [2.05, 4.69) is 46.7 Å². The number of aliphatic imine (C=N–C) groups is 1. The third-order valence-electron chi connectivity index (χ3n) is 5.34. The first-order valence-corrected chi connectivity index (χ1v) is 13.4. The van der Waals surface area contributed by atoms with Crippen LogP contribution in [0, 0.1) is 0 Å². The Morgan fingerprint density at radius 1 is 0.946 bits per heavy atom. The molecule has 2 N–H and O–H groups in total. The zero-order chi connectivity index (χ0) is 26.2. The molecule has 0 radical (unpaired) electrons. The van der Waals surface area contributed by atoms with Gasteiger partial charge in [-0.3, -0.25) is 4.79 Å². The van der Waals surface area contributed by atoms with E-state index in [1.165, 1.54) is 14.6 Å². The molecule has 0 aromatic heterocycles. The molecule has 0 atom stereocenters. The van der Waals surface area contributed by atoms with Crippen molar-refractivity contribution >= 4 is 81.8 Å². The average Bonchev–Trinajstić information content (AvgIpc) is 3.25. The van der Waals surface area contributed by atoms with Crippen LogP contribution in [-0.2, 0) is 20.9 Å². The number of rotatable bonds is 5. The number of carbonyl (C=O) groups excluding carboxylic acids is 1. The number of carboxylic acid groups (broad SMARTS) is 1. The molecule has 0 unspecified atom stereocenters. The summed E-state index contributed by atoms with van der Waals surface area (Å²) in [5.41, 5.74) is 2.80. The summed E-state index contributed by atoms with van der Waals surface area (Å²) in [4.78, 5) is 26.7. The Kier molecular flexibility index (Phi) is 9.19. The molecular weight excluding hydrogens is 495 g/mol. The molecule has 4 aromatic rings. The van der Waals surface area contributed by atoms with Gasteiger partial charge in [0.15, 0.2) is 0 Å². The number of carbonyl (C=O) groups is 2. The van der Waals surface area contributed by atoms with Gasteiger partial charge in [-0.25, -0.2) is 0 Å². The van der Waals surface area contributed by atoms with Crippen LogP contribution in [-0.4, -0.2) is 50.1 Å². The minimum atomic E-state index is -0.833. The number of amides is 1. The van der Waals surface area contributed by atoms with Gasteiger partial charge >= 0.3 is 155 Å². The molecule has 1 amide bonds. The van der Waals surface area contributed by atoms with E-state index in [1.807, 2.05) is 60.7 Å². The maximum absolute atomic E-state index is 12.9. The molecule has 0 spiro atoms. The van der Waals surface area contributed by atoms with E-state index in [4.69, 9.17) is 14.6 Å². The van der Waals surface area contributed by atoms with Crippen LogP contribution < -0.4 is 8.13 Å². The average molecular weight is 519 g/mol. The predicted octanol–water partition coefficient (Wildman–Crippen LogP) is 5.35. The van der Waals surface area contributed by atoms with Crippen LogP contribution in [0.4, 0.5) is 5.69 Å². The van der Waals surface area contributed by atoms with E-state index in [9.17, 15) is 4.79 Å². The van der Waals surface area contributed by atoms with Crippen LogP contribution in [0.15, 0.2) is 107 Å². The number of fused-ring (bicyclic) bond motifs is 1. The van der Waals surface area contributed by atoms with Crippen molar-refractivity contribution < 1.29 is 19.4 Å². The van der Waals surface area contributed by atoms with Crippen molar-refractivity contribution in [2.75, 3.05) is 5.32 Å². The van der Waals surface area contributed by atoms with Gasteiger partial charge in [0, 0.05) is 6.92 Å². The monoisotopic (exact) mass is 518 g/mol. The molecule has 180 valence electrons. The fraction of sp³-hybridized carbons (Fsp3) is 0.0690. The second kappa shape index (κ2) is 12.7. The maximum atomic E-state index is 12.9. The molecular formula is C29H23N2NaO4S. The van der Waals surface area contributed by atoms with E-state index < -0.39 is 5.97 Å². The summed E-state index contributed by atoms with van der Waals surface area (Å²) in [7, 11) is 0. The van der Waals surface area contributed by atoms with Crippen LogP contribution >= 0.6 is 11.8 Å². The third-order valence-corrected chi connectivity index (χ3v) is 6.96.